The lowest BCUT2D eigenvalue weighted by Crippen LogP contribution is -2.49. The van der Waals surface area contributed by atoms with Crippen molar-refractivity contribution in [3.05, 3.63) is 71.9 Å². The average Bonchev–Trinajstić information content (AvgIpc) is 3.40. The molecule has 2 amide bonds. The smallest absolute Gasteiger partial charge is 0.231 e. The Morgan fingerprint density at radius 3 is 2.54 bits per heavy atom. The van der Waals surface area contributed by atoms with E-state index in [-0.39, 0.29) is 29.8 Å². The predicted molar refractivity (Wildman–Crippen MR) is 139 cm³/mol. The monoisotopic (exact) mass is 504 g/mol. The van der Waals surface area contributed by atoms with Crippen LogP contribution in [0.3, 0.4) is 0 Å². The fourth-order valence-electron chi connectivity index (χ4n) is 4.42. The first-order chi connectivity index (χ1) is 17.9. The number of pyridine rings is 1. The lowest BCUT2D eigenvalue weighted by molar-refractivity contribution is -0.132. The van der Waals surface area contributed by atoms with Crippen molar-refractivity contribution >= 4 is 35.8 Å². The normalized spacial score (nSPS) is 20.5. The Bertz CT molecular complexity index is 1220. The Balaban J connectivity index is 0.000000342. The van der Waals surface area contributed by atoms with Crippen LogP contribution in [0.1, 0.15) is 30.5 Å². The van der Waals surface area contributed by atoms with Gasteiger partial charge in [-0.2, -0.15) is 0 Å². The number of hydrogen-bond donors (Lipinski definition) is 1. The third-order valence-electron chi connectivity index (χ3n) is 6.53. The highest BCUT2D eigenvalue weighted by Gasteiger charge is 2.34. The molecular formula is C27H29FN6O3. The molecule has 10 heteroatoms. The summed E-state index contributed by atoms with van der Waals surface area (Å²) in [6.07, 6.45) is 8.64. The van der Waals surface area contributed by atoms with Gasteiger partial charge in [-0.3, -0.25) is 24.4 Å². The number of halogens is 1. The first-order valence-electron chi connectivity index (χ1n) is 12.1. The molecule has 5 rings (SSSR count). The van der Waals surface area contributed by atoms with Crippen LogP contribution in [-0.2, 0) is 19.9 Å². The molecule has 1 fully saturated rings. The summed E-state index contributed by atoms with van der Waals surface area (Å²) >= 11 is 0. The number of anilines is 1. The highest BCUT2D eigenvalue weighted by Crippen LogP contribution is 2.30. The van der Waals surface area contributed by atoms with Gasteiger partial charge in [-0.1, -0.05) is 12.1 Å². The van der Waals surface area contributed by atoms with E-state index in [2.05, 4.69) is 25.2 Å². The number of piperazine rings is 1. The fourth-order valence-corrected chi connectivity index (χ4v) is 4.42. The number of amides is 2. The Labute approximate surface area is 214 Å². The van der Waals surface area contributed by atoms with Crippen LogP contribution in [0.15, 0.2) is 64.9 Å². The van der Waals surface area contributed by atoms with Crippen molar-refractivity contribution in [3.8, 4) is 0 Å². The van der Waals surface area contributed by atoms with Gasteiger partial charge in [0.1, 0.15) is 17.7 Å². The molecule has 3 aliphatic heterocycles. The number of hydrogen-bond acceptors (Lipinski definition) is 7. The van der Waals surface area contributed by atoms with Crippen LogP contribution in [0.25, 0.3) is 0 Å². The maximum atomic E-state index is 13.8. The Hall–Kier alpha value is -4.21. The average molecular weight is 505 g/mol. The van der Waals surface area contributed by atoms with E-state index in [1.165, 1.54) is 24.7 Å². The van der Waals surface area contributed by atoms with E-state index in [1.54, 1.807) is 25.4 Å². The molecule has 1 saturated heterocycles. The maximum Gasteiger partial charge on any atom is 0.231 e. The summed E-state index contributed by atoms with van der Waals surface area (Å²) in [4.78, 5) is 50.5. The summed E-state index contributed by atoms with van der Waals surface area (Å²) < 4.78 is 13.8. The molecule has 0 spiro atoms. The molecule has 2 aromatic rings. The largest absolute Gasteiger partial charge is 0.368 e. The number of rotatable bonds is 5. The molecular weight excluding hydrogens is 475 g/mol. The quantitative estimate of drug-likeness (QED) is 0.630. The lowest BCUT2D eigenvalue weighted by Gasteiger charge is -2.37. The minimum Gasteiger partial charge on any atom is -0.368 e. The molecule has 1 unspecified atom stereocenters. The third kappa shape index (κ3) is 6.32. The van der Waals surface area contributed by atoms with E-state index in [9.17, 15) is 18.8 Å². The van der Waals surface area contributed by atoms with E-state index < -0.39 is 5.54 Å². The summed E-state index contributed by atoms with van der Waals surface area (Å²) in [6.45, 7) is 4.44. The zero-order chi connectivity index (χ0) is 26.3. The number of aliphatic imine (C=N–C) groups is 2. The lowest BCUT2D eigenvalue weighted by atomic mass is 9.91. The molecule has 0 aliphatic carbocycles. The van der Waals surface area contributed by atoms with E-state index in [0.29, 0.717) is 44.6 Å². The van der Waals surface area contributed by atoms with Crippen LogP contribution in [0.4, 0.5) is 10.1 Å². The molecule has 1 aromatic carbocycles. The molecule has 4 heterocycles. The Kier molecular flexibility index (Phi) is 8.17. The standard InChI is InChI=1S/C22H24FN5O.C5H5NO2/c1-17-18(23)5-4-6-19(17)27-11-13-28(14-12-27)21(29)8-9-22(15-24-16-26-22)20-7-2-3-10-25-20;7-4-1-2-6-5(8)3-4/h2-7,10,15-16H,8-9,11-14H2,1H3;1-2H,3H2,(H,6,8). The second kappa shape index (κ2) is 11.7. The summed E-state index contributed by atoms with van der Waals surface area (Å²) in [5.74, 6) is -0.447. The molecule has 37 heavy (non-hydrogen) atoms. The van der Waals surface area contributed by atoms with Crippen molar-refractivity contribution in [1.82, 2.24) is 15.2 Å². The zero-order valence-electron chi connectivity index (χ0n) is 20.6. The van der Waals surface area contributed by atoms with Crippen LogP contribution >= 0.6 is 0 Å². The number of carbonyl (C=O) groups is 3. The van der Waals surface area contributed by atoms with Crippen LogP contribution in [0, 0.1) is 12.7 Å². The van der Waals surface area contributed by atoms with E-state index in [4.69, 9.17) is 0 Å². The summed E-state index contributed by atoms with van der Waals surface area (Å²) in [5.41, 5.74) is 1.71. The van der Waals surface area contributed by atoms with Gasteiger partial charge in [-0.15, -0.1) is 0 Å². The first kappa shape index (κ1) is 25.9. The minimum atomic E-state index is -0.655. The van der Waals surface area contributed by atoms with Crippen LogP contribution in [0.5, 0.6) is 0 Å². The van der Waals surface area contributed by atoms with Gasteiger partial charge in [-0.25, -0.2) is 9.38 Å². The second-order valence-electron chi connectivity index (χ2n) is 8.96. The van der Waals surface area contributed by atoms with E-state index in [0.717, 1.165) is 11.4 Å². The molecule has 192 valence electrons. The van der Waals surface area contributed by atoms with Crippen molar-refractivity contribution in [2.45, 2.75) is 31.7 Å². The first-order valence-corrected chi connectivity index (χ1v) is 12.1. The maximum absolute atomic E-state index is 13.8. The molecule has 0 bridgehead atoms. The Morgan fingerprint density at radius 2 is 1.92 bits per heavy atom. The van der Waals surface area contributed by atoms with Crippen molar-refractivity contribution in [3.63, 3.8) is 0 Å². The molecule has 9 nitrogen and oxygen atoms in total. The van der Waals surface area contributed by atoms with Crippen molar-refractivity contribution < 1.29 is 18.8 Å². The number of ketones is 1. The van der Waals surface area contributed by atoms with Gasteiger partial charge in [0.2, 0.25) is 11.8 Å². The summed E-state index contributed by atoms with van der Waals surface area (Å²) in [6, 6.07) is 10.8. The van der Waals surface area contributed by atoms with Crippen LogP contribution in [-0.4, -0.2) is 66.2 Å². The number of carbonyl (C=O) groups excluding carboxylic acids is 3. The van der Waals surface area contributed by atoms with Crippen molar-refractivity contribution in [1.29, 1.82) is 0 Å². The van der Waals surface area contributed by atoms with Gasteiger partial charge in [0, 0.05) is 62.5 Å². The number of aromatic nitrogens is 1. The molecule has 3 aliphatic rings. The molecule has 1 atom stereocenters. The third-order valence-corrected chi connectivity index (χ3v) is 6.53. The highest BCUT2D eigenvalue weighted by atomic mass is 19.1. The molecule has 0 saturated carbocycles. The topological polar surface area (TPSA) is 107 Å². The van der Waals surface area contributed by atoms with Gasteiger partial charge in [0.25, 0.3) is 0 Å². The molecule has 1 N–H and O–H groups in total. The SMILES string of the molecule is Cc1c(F)cccc1N1CCN(C(=O)CCC2(c3ccccn3)C=NC=N2)CC1.O=C1C=CNC(=O)C1. The minimum absolute atomic E-state index is 0.00347. The van der Waals surface area contributed by atoms with E-state index in [1.807, 2.05) is 29.2 Å². The highest BCUT2D eigenvalue weighted by molar-refractivity contribution is 6.06. The van der Waals surface area contributed by atoms with Gasteiger partial charge in [0.15, 0.2) is 5.78 Å². The van der Waals surface area contributed by atoms with Crippen LogP contribution < -0.4 is 10.2 Å². The fraction of sp³-hybridized carbons (Fsp3) is 0.333. The van der Waals surface area contributed by atoms with Gasteiger partial charge < -0.3 is 15.1 Å². The van der Waals surface area contributed by atoms with E-state index >= 15 is 0 Å². The zero-order valence-corrected chi connectivity index (χ0v) is 20.6. The number of allylic oxidation sites excluding steroid dienone is 1. The summed E-state index contributed by atoms with van der Waals surface area (Å²) in [7, 11) is 0. The number of nitrogens with one attached hydrogen (secondary N) is 1. The number of benzene rings is 1. The van der Waals surface area contributed by atoms with Crippen molar-refractivity contribution in [2.75, 3.05) is 31.1 Å². The van der Waals surface area contributed by atoms with Gasteiger partial charge in [0.05, 0.1) is 12.1 Å². The summed E-state index contributed by atoms with van der Waals surface area (Å²) in [5, 5.41) is 2.37. The molecule has 0 radical (unpaired) electrons. The predicted octanol–water partition coefficient (Wildman–Crippen LogP) is 2.56. The second-order valence-corrected chi connectivity index (χ2v) is 8.96. The molecule has 1 aromatic heterocycles. The van der Waals surface area contributed by atoms with Gasteiger partial charge in [-0.05, 0) is 43.7 Å². The number of nitrogens with zero attached hydrogens (tertiary/aromatic N) is 5. The van der Waals surface area contributed by atoms with Gasteiger partial charge >= 0.3 is 0 Å². The Morgan fingerprint density at radius 1 is 1.11 bits per heavy atom. The van der Waals surface area contributed by atoms with Crippen molar-refractivity contribution in [2.24, 2.45) is 9.98 Å². The van der Waals surface area contributed by atoms with Crippen LogP contribution in [0.2, 0.25) is 0 Å².